The second-order valence-electron chi connectivity index (χ2n) is 3.88. The lowest BCUT2D eigenvalue weighted by Gasteiger charge is -2.35. The van der Waals surface area contributed by atoms with Crippen LogP contribution in [0.15, 0.2) is 24.4 Å². The van der Waals surface area contributed by atoms with Gasteiger partial charge in [0.25, 0.3) is 0 Å². The average Bonchev–Trinajstić information content (AvgIpc) is 2.19. The van der Waals surface area contributed by atoms with Crippen molar-refractivity contribution in [3.63, 3.8) is 0 Å². The largest absolute Gasteiger partial charge is 0.369 e. The summed E-state index contributed by atoms with van der Waals surface area (Å²) in [5.74, 6) is 0. The second-order valence-corrected chi connectivity index (χ2v) is 4.50. The zero-order valence-electron chi connectivity index (χ0n) is 8.24. The van der Waals surface area contributed by atoms with Crippen molar-refractivity contribution in [2.24, 2.45) is 0 Å². The van der Waals surface area contributed by atoms with Gasteiger partial charge in [-0.2, -0.15) is 0 Å². The van der Waals surface area contributed by atoms with Crippen LogP contribution in [0.4, 0.5) is 0 Å². The number of nitrogens with zero attached hydrogens (tertiary/aromatic N) is 1. The Morgan fingerprint density at radius 2 is 2.43 bits per heavy atom. The number of hydrogen-bond acceptors (Lipinski definition) is 2. The summed E-state index contributed by atoms with van der Waals surface area (Å²) in [5, 5.41) is 0.204. The Bertz CT molecular complexity index is 303. The molecule has 1 fully saturated rings. The molecule has 2 nitrogen and oxygen atoms in total. The van der Waals surface area contributed by atoms with Gasteiger partial charge in [-0.1, -0.05) is 6.07 Å². The van der Waals surface area contributed by atoms with Crippen LogP contribution in [-0.4, -0.2) is 17.0 Å². The zero-order chi connectivity index (χ0) is 10.0. The third-order valence-corrected chi connectivity index (χ3v) is 3.04. The Morgan fingerprint density at radius 3 is 3.07 bits per heavy atom. The van der Waals surface area contributed by atoms with Crippen LogP contribution in [0.1, 0.15) is 25.5 Å². The molecule has 1 aliphatic heterocycles. The molecule has 0 radical (unpaired) electrons. The van der Waals surface area contributed by atoms with Gasteiger partial charge < -0.3 is 4.74 Å². The van der Waals surface area contributed by atoms with Gasteiger partial charge in [0, 0.05) is 18.2 Å². The summed E-state index contributed by atoms with van der Waals surface area (Å²) >= 11 is 6.14. The summed E-state index contributed by atoms with van der Waals surface area (Å²) in [4.78, 5) is 4.32. The molecule has 2 heterocycles. The molecule has 1 saturated heterocycles. The molecule has 0 aromatic carbocycles. The molecule has 1 aromatic heterocycles. The van der Waals surface area contributed by atoms with E-state index in [0.717, 1.165) is 25.1 Å². The maximum absolute atomic E-state index is 6.14. The van der Waals surface area contributed by atoms with E-state index in [4.69, 9.17) is 16.3 Å². The van der Waals surface area contributed by atoms with Crippen LogP contribution in [0.5, 0.6) is 0 Å². The highest BCUT2D eigenvalue weighted by Crippen LogP contribution is 2.35. The lowest BCUT2D eigenvalue weighted by Crippen LogP contribution is -2.35. The van der Waals surface area contributed by atoms with Crippen LogP contribution in [-0.2, 0) is 10.3 Å². The first-order valence-corrected chi connectivity index (χ1v) is 5.34. The first-order chi connectivity index (χ1) is 6.71. The standard InChI is InChI=1S/C11H14ClNO/c1-11(8-9(12)5-7-14-11)10-4-2-3-6-13-10/h2-4,6,9H,5,7-8H2,1H3. The van der Waals surface area contributed by atoms with Gasteiger partial charge in [0.2, 0.25) is 0 Å². The molecule has 1 aliphatic rings. The summed E-state index contributed by atoms with van der Waals surface area (Å²) in [5.41, 5.74) is 0.678. The molecule has 0 saturated carbocycles. The molecule has 1 aromatic rings. The van der Waals surface area contributed by atoms with Crippen molar-refractivity contribution >= 4 is 11.6 Å². The normalized spacial score (nSPS) is 32.9. The Morgan fingerprint density at radius 1 is 1.57 bits per heavy atom. The minimum absolute atomic E-state index is 0.204. The number of aromatic nitrogens is 1. The number of rotatable bonds is 1. The molecule has 14 heavy (non-hydrogen) atoms. The summed E-state index contributed by atoms with van der Waals surface area (Å²) < 4.78 is 5.77. The van der Waals surface area contributed by atoms with Crippen LogP contribution in [0.2, 0.25) is 0 Å². The number of halogens is 1. The molecule has 76 valence electrons. The molecule has 2 unspecified atom stereocenters. The Labute approximate surface area is 89.3 Å². The highest BCUT2D eigenvalue weighted by Gasteiger charge is 2.35. The first-order valence-electron chi connectivity index (χ1n) is 4.90. The van der Waals surface area contributed by atoms with Gasteiger partial charge in [0.15, 0.2) is 0 Å². The summed E-state index contributed by atoms with van der Waals surface area (Å²) in [7, 11) is 0. The van der Waals surface area contributed by atoms with E-state index in [1.165, 1.54) is 0 Å². The van der Waals surface area contributed by atoms with Crippen molar-refractivity contribution < 1.29 is 4.74 Å². The van der Waals surface area contributed by atoms with Gasteiger partial charge >= 0.3 is 0 Å². The van der Waals surface area contributed by atoms with E-state index in [1.807, 2.05) is 18.2 Å². The van der Waals surface area contributed by atoms with E-state index in [1.54, 1.807) is 6.20 Å². The Balaban J connectivity index is 2.23. The lowest BCUT2D eigenvalue weighted by molar-refractivity contribution is -0.0712. The van der Waals surface area contributed by atoms with Gasteiger partial charge in [0.1, 0.15) is 5.60 Å². The smallest absolute Gasteiger partial charge is 0.109 e. The number of hydrogen-bond donors (Lipinski definition) is 0. The topological polar surface area (TPSA) is 22.1 Å². The van der Waals surface area contributed by atoms with Crippen molar-refractivity contribution in [1.82, 2.24) is 4.98 Å². The molecular weight excluding hydrogens is 198 g/mol. The molecule has 3 heteroatoms. The van der Waals surface area contributed by atoms with E-state index in [0.29, 0.717) is 0 Å². The van der Waals surface area contributed by atoms with Gasteiger partial charge in [-0.3, -0.25) is 4.98 Å². The number of pyridine rings is 1. The van der Waals surface area contributed by atoms with Crippen molar-refractivity contribution in [3.05, 3.63) is 30.1 Å². The second kappa shape index (κ2) is 3.87. The lowest BCUT2D eigenvalue weighted by atomic mass is 9.92. The fourth-order valence-electron chi connectivity index (χ4n) is 1.85. The summed E-state index contributed by atoms with van der Waals surface area (Å²) in [6.45, 7) is 2.78. The molecule has 0 amide bonds. The molecule has 0 N–H and O–H groups in total. The predicted molar refractivity (Wildman–Crippen MR) is 56.4 cm³/mol. The number of alkyl halides is 1. The van der Waals surface area contributed by atoms with Crippen LogP contribution < -0.4 is 0 Å². The minimum atomic E-state index is -0.300. The van der Waals surface area contributed by atoms with Gasteiger partial charge in [-0.15, -0.1) is 11.6 Å². The van der Waals surface area contributed by atoms with Crippen molar-refractivity contribution in [1.29, 1.82) is 0 Å². The van der Waals surface area contributed by atoms with Gasteiger partial charge in [-0.05, 0) is 31.9 Å². The summed E-state index contributed by atoms with van der Waals surface area (Å²) in [6, 6.07) is 5.89. The van der Waals surface area contributed by atoms with Crippen LogP contribution >= 0.6 is 11.6 Å². The van der Waals surface area contributed by atoms with Crippen molar-refractivity contribution in [2.45, 2.75) is 30.7 Å². The van der Waals surface area contributed by atoms with Gasteiger partial charge in [0.05, 0.1) is 5.69 Å². The maximum Gasteiger partial charge on any atom is 0.109 e. The highest BCUT2D eigenvalue weighted by molar-refractivity contribution is 6.20. The average molecular weight is 212 g/mol. The molecule has 2 rings (SSSR count). The van der Waals surface area contributed by atoms with Crippen LogP contribution in [0, 0.1) is 0 Å². The first kappa shape index (κ1) is 9.94. The van der Waals surface area contributed by atoms with Crippen molar-refractivity contribution in [3.8, 4) is 0 Å². The fraction of sp³-hybridized carbons (Fsp3) is 0.545. The van der Waals surface area contributed by atoms with E-state index in [2.05, 4.69) is 11.9 Å². The fourth-order valence-corrected chi connectivity index (χ4v) is 2.23. The monoisotopic (exact) mass is 211 g/mol. The van der Waals surface area contributed by atoms with Crippen LogP contribution in [0.25, 0.3) is 0 Å². The predicted octanol–water partition coefficient (Wildman–Crippen LogP) is 2.71. The molecule has 2 atom stereocenters. The Hall–Kier alpha value is -0.600. The minimum Gasteiger partial charge on any atom is -0.369 e. The molecule has 0 spiro atoms. The van der Waals surface area contributed by atoms with Crippen LogP contribution in [0.3, 0.4) is 0 Å². The third-order valence-electron chi connectivity index (χ3n) is 2.67. The third kappa shape index (κ3) is 1.91. The maximum atomic E-state index is 6.14. The molecule has 0 bridgehead atoms. The van der Waals surface area contributed by atoms with Crippen molar-refractivity contribution in [2.75, 3.05) is 6.61 Å². The van der Waals surface area contributed by atoms with E-state index >= 15 is 0 Å². The SMILES string of the molecule is CC1(c2ccccn2)CC(Cl)CCO1. The van der Waals surface area contributed by atoms with E-state index < -0.39 is 0 Å². The van der Waals surface area contributed by atoms with E-state index in [-0.39, 0.29) is 11.0 Å². The number of ether oxygens (including phenoxy) is 1. The van der Waals surface area contributed by atoms with E-state index in [9.17, 15) is 0 Å². The van der Waals surface area contributed by atoms with Gasteiger partial charge in [-0.25, -0.2) is 0 Å². The zero-order valence-corrected chi connectivity index (χ0v) is 9.00. The Kier molecular flexibility index (Phi) is 2.75. The molecular formula is C11H14ClNO. The molecule has 0 aliphatic carbocycles. The highest BCUT2D eigenvalue weighted by atomic mass is 35.5. The quantitative estimate of drug-likeness (QED) is 0.667. The summed E-state index contributed by atoms with van der Waals surface area (Å²) in [6.07, 6.45) is 3.57.